The van der Waals surface area contributed by atoms with Crippen molar-refractivity contribution in [2.75, 3.05) is 0 Å². The summed E-state index contributed by atoms with van der Waals surface area (Å²) in [7, 11) is 0. The van der Waals surface area contributed by atoms with Crippen molar-refractivity contribution in [1.29, 1.82) is 0 Å². The molecule has 0 spiro atoms. The second-order valence-electron chi connectivity index (χ2n) is 2.84. The lowest BCUT2D eigenvalue weighted by Gasteiger charge is -2.03. The second kappa shape index (κ2) is 3.06. The first-order valence-corrected chi connectivity index (χ1v) is 4.22. The topological polar surface area (TPSA) is 49.7 Å². The van der Waals surface area contributed by atoms with Gasteiger partial charge < -0.3 is 0 Å². The molecule has 0 fully saturated rings. The number of hydrogen-bond donors (Lipinski definition) is 0. The Morgan fingerprint density at radius 3 is 2.07 bits per heavy atom. The standard InChI is InChI=1S/C10H8N2O2/c1-2-11-12-9(13)7-5-3-4-6-8(7)10(12)14/h2-6H,1H3/b11-2+. The first-order chi connectivity index (χ1) is 6.75. The summed E-state index contributed by atoms with van der Waals surface area (Å²) < 4.78 is 0. The van der Waals surface area contributed by atoms with Gasteiger partial charge in [0, 0.05) is 6.21 Å². The van der Waals surface area contributed by atoms with Gasteiger partial charge in [0.15, 0.2) is 0 Å². The van der Waals surface area contributed by atoms with Gasteiger partial charge in [0.1, 0.15) is 0 Å². The Hall–Kier alpha value is -1.97. The highest BCUT2D eigenvalue weighted by Crippen LogP contribution is 2.22. The van der Waals surface area contributed by atoms with Crippen LogP contribution in [-0.2, 0) is 0 Å². The molecule has 14 heavy (non-hydrogen) atoms. The van der Waals surface area contributed by atoms with Crippen molar-refractivity contribution >= 4 is 18.0 Å². The number of carbonyl (C=O) groups is 2. The van der Waals surface area contributed by atoms with Crippen molar-refractivity contribution in [3.05, 3.63) is 35.4 Å². The third kappa shape index (κ3) is 1.04. The Balaban J connectivity index is 2.53. The van der Waals surface area contributed by atoms with E-state index in [0.717, 1.165) is 5.01 Å². The zero-order chi connectivity index (χ0) is 10.1. The first kappa shape index (κ1) is 8.62. The molecule has 4 nitrogen and oxygen atoms in total. The molecule has 0 radical (unpaired) electrons. The highest BCUT2D eigenvalue weighted by molar-refractivity contribution is 6.21. The summed E-state index contributed by atoms with van der Waals surface area (Å²) in [4.78, 5) is 23.2. The minimum Gasteiger partial charge on any atom is -0.267 e. The van der Waals surface area contributed by atoms with Gasteiger partial charge in [-0.1, -0.05) is 12.1 Å². The van der Waals surface area contributed by atoms with Gasteiger partial charge in [-0.15, -0.1) is 0 Å². The number of carbonyl (C=O) groups excluding carboxylic acids is 2. The number of amides is 2. The Kier molecular flexibility index (Phi) is 1.89. The molecular weight excluding hydrogens is 180 g/mol. The van der Waals surface area contributed by atoms with E-state index in [9.17, 15) is 9.59 Å². The molecule has 2 amide bonds. The molecule has 0 saturated carbocycles. The SMILES string of the molecule is C/C=N/N1C(=O)c2ccccc2C1=O. The molecule has 1 aliphatic rings. The predicted molar refractivity (Wildman–Crippen MR) is 51.1 cm³/mol. The lowest BCUT2D eigenvalue weighted by molar-refractivity contribution is 0.0659. The van der Waals surface area contributed by atoms with Crippen LogP contribution >= 0.6 is 0 Å². The Morgan fingerprint density at radius 1 is 1.14 bits per heavy atom. The minimum absolute atomic E-state index is 0.358. The van der Waals surface area contributed by atoms with Crippen molar-refractivity contribution in [2.24, 2.45) is 5.10 Å². The number of hydrogen-bond acceptors (Lipinski definition) is 3. The van der Waals surface area contributed by atoms with E-state index < -0.39 is 0 Å². The van der Waals surface area contributed by atoms with Gasteiger partial charge in [-0.05, 0) is 19.1 Å². The maximum atomic E-state index is 11.6. The zero-order valence-corrected chi connectivity index (χ0v) is 7.60. The molecule has 1 aromatic carbocycles. The summed E-state index contributed by atoms with van der Waals surface area (Å²) in [5.74, 6) is -0.715. The second-order valence-corrected chi connectivity index (χ2v) is 2.84. The minimum atomic E-state index is -0.358. The molecule has 0 aliphatic carbocycles. The average Bonchev–Trinajstić information content (AvgIpc) is 2.45. The quantitative estimate of drug-likeness (QED) is 0.492. The van der Waals surface area contributed by atoms with Gasteiger partial charge >= 0.3 is 0 Å². The van der Waals surface area contributed by atoms with Crippen LogP contribution in [0.2, 0.25) is 0 Å². The summed E-state index contributed by atoms with van der Waals surface area (Å²) in [6.07, 6.45) is 1.42. The third-order valence-electron chi connectivity index (χ3n) is 2.00. The van der Waals surface area contributed by atoms with Crippen molar-refractivity contribution in [3.8, 4) is 0 Å². The van der Waals surface area contributed by atoms with Crippen LogP contribution in [0.15, 0.2) is 29.4 Å². The van der Waals surface area contributed by atoms with E-state index in [1.165, 1.54) is 6.21 Å². The molecule has 0 atom stereocenters. The van der Waals surface area contributed by atoms with E-state index >= 15 is 0 Å². The number of nitrogens with zero attached hydrogens (tertiary/aromatic N) is 2. The van der Waals surface area contributed by atoms with Crippen molar-refractivity contribution in [2.45, 2.75) is 6.92 Å². The fourth-order valence-electron chi connectivity index (χ4n) is 1.40. The highest BCUT2D eigenvalue weighted by atomic mass is 16.2. The third-order valence-corrected chi connectivity index (χ3v) is 2.00. The van der Waals surface area contributed by atoms with E-state index in [0.29, 0.717) is 11.1 Å². The molecule has 1 aromatic rings. The fourth-order valence-corrected chi connectivity index (χ4v) is 1.40. The van der Waals surface area contributed by atoms with Gasteiger partial charge in [0.2, 0.25) is 0 Å². The van der Waals surface area contributed by atoms with Gasteiger partial charge in [-0.25, -0.2) is 0 Å². The number of imide groups is 1. The number of benzene rings is 1. The zero-order valence-electron chi connectivity index (χ0n) is 7.60. The highest BCUT2D eigenvalue weighted by Gasteiger charge is 2.34. The number of rotatable bonds is 1. The van der Waals surface area contributed by atoms with Crippen LogP contribution in [-0.4, -0.2) is 23.0 Å². The van der Waals surface area contributed by atoms with Crippen LogP contribution in [0.4, 0.5) is 0 Å². The smallest absolute Gasteiger partial charge is 0.267 e. The van der Waals surface area contributed by atoms with Gasteiger partial charge in [-0.3, -0.25) is 9.59 Å². The summed E-state index contributed by atoms with van der Waals surface area (Å²) in [6.45, 7) is 1.66. The molecule has 0 bridgehead atoms. The van der Waals surface area contributed by atoms with E-state index in [1.807, 2.05) is 0 Å². The summed E-state index contributed by atoms with van der Waals surface area (Å²) in [6, 6.07) is 6.70. The van der Waals surface area contributed by atoms with Crippen molar-refractivity contribution in [1.82, 2.24) is 5.01 Å². The van der Waals surface area contributed by atoms with Crippen LogP contribution in [0.5, 0.6) is 0 Å². The van der Waals surface area contributed by atoms with E-state index in [1.54, 1.807) is 31.2 Å². The van der Waals surface area contributed by atoms with Gasteiger partial charge in [-0.2, -0.15) is 10.1 Å². The van der Waals surface area contributed by atoms with Crippen molar-refractivity contribution in [3.63, 3.8) is 0 Å². The molecule has 2 rings (SSSR count). The van der Waals surface area contributed by atoms with Gasteiger partial charge in [0.05, 0.1) is 11.1 Å². The summed E-state index contributed by atoms with van der Waals surface area (Å²) >= 11 is 0. The molecular formula is C10H8N2O2. The van der Waals surface area contributed by atoms with E-state index in [4.69, 9.17) is 0 Å². The lowest BCUT2D eigenvalue weighted by Crippen LogP contribution is -2.23. The van der Waals surface area contributed by atoms with Crippen LogP contribution in [0.1, 0.15) is 27.6 Å². The molecule has 0 saturated heterocycles. The molecule has 0 unspecified atom stereocenters. The molecule has 1 aliphatic heterocycles. The maximum Gasteiger partial charge on any atom is 0.282 e. The Labute approximate surface area is 80.8 Å². The molecule has 0 N–H and O–H groups in total. The fraction of sp³-hybridized carbons (Fsp3) is 0.100. The lowest BCUT2D eigenvalue weighted by atomic mass is 10.1. The molecule has 4 heteroatoms. The Bertz CT molecular complexity index is 403. The molecule has 1 heterocycles. The van der Waals surface area contributed by atoms with Gasteiger partial charge in [0.25, 0.3) is 11.8 Å². The van der Waals surface area contributed by atoms with Crippen LogP contribution < -0.4 is 0 Å². The maximum absolute atomic E-state index is 11.6. The average molecular weight is 188 g/mol. The summed E-state index contributed by atoms with van der Waals surface area (Å²) in [5, 5.41) is 4.59. The largest absolute Gasteiger partial charge is 0.282 e. The van der Waals surface area contributed by atoms with E-state index in [-0.39, 0.29) is 11.8 Å². The Morgan fingerprint density at radius 2 is 1.64 bits per heavy atom. The van der Waals surface area contributed by atoms with Crippen LogP contribution in [0, 0.1) is 0 Å². The summed E-state index contributed by atoms with van der Waals surface area (Å²) in [5.41, 5.74) is 0.839. The molecule has 0 aromatic heterocycles. The van der Waals surface area contributed by atoms with E-state index in [2.05, 4.69) is 5.10 Å². The number of hydrazone groups is 1. The van der Waals surface area contributed by atoms with Crippen LogP contribution in [0.3, 0.4) is 0 Å². The van der Waals surface area contributed by atoms with Crippen molar-refractivity contribution < 1.29 is 9.59 Å². The number of fused-ring (bicyclic) bond motifs is 1. The molecule has 70 valence electrons. The monoisotopic (exact) mass is 188 g/mol. The predicted octanol–water partition coefficient (Wildman–Crippen LogP) is 1.29. The van der Waals surface area contributed by atoms with Crippen LogP contribution in [0.25, 0.3) is 0 Å². The first-order valence-electron chi connectivity index (χ1n) is 4.22. The normalized spacial score (nSPS) is 15.4.